The molecule has 0 amide bonds. The fourth-order valence-corrected chi connectivity index (χ4v) is 1.42. The van der Waals surface area contributed by atoms with Gasteiger partial charge in [-0.25, -0.2) is 0 Å². The zero-order valence-corrected chi connectivity index (χ0v) is 9.98. The van der Waals surface area contributed by atoms with E-state index in [0.717, 1.165) is 24.2 Å². The van der Waals surface area contributed by atoms with E-state index in [9.17, 15) is 5.11 Å². The smallest absolute Gasteiger partial charge is 0.119 e. The summed E-state index contributed by atoms with van der Waals surface area (Å²) in [6, 6.07) is 7.58. The summed E-state index contributed by atoms with van der Waals surface area (Å²) in [4.78, 5) is 0. The van der Waals surface area contributed by atoms with E-state index in [4.69, 9.17) is 9.47 Å². The Morgan fingerprint density at radius 2 is 1.88 bits per heavy atom. The quantitative estimate of drug-likeness (QED) is 0.723. The van der Waals surface area contributed by atoms with Crippen LogP contribution in [0.3, 0.4) is 0 Å². The van der Waals surface area contributed by atoms with Crippen molar-refractivity contribution in [3.8, 4) is 5.75 Å². The van der Waals surface area contributed by atoms with Crippen molar-refractivity contribution in [3.63, 3.8) is 0 Å². The molecule has 1 aromatic carbocycles. The molecule has 90 valence electrons. The van der Waals surface area contributed by atoms with Gasteiger partial charge in [0.05, 0.1) is 12.7 Å². The molecule has 0 fully saturated rings. The second-order valence-electron chi connectivity index (χ2n) is 3.69. The van der Waals surface area contributed by atoms with Crippen molar-refractivity contribution in [2.24, 2.45) is 0 Å². The summed E-state index contributed by atoms with van der Waals surface area (Å²) in [6.07, 6.45) is 1.24. The van der Waals surface area contributed by atoms with Gasteiger partial charge in [0.25, 0.3) is 0 Å². The average molecular weight is 224 g/mol. The summed E-state index contributed by atoms with van der Waals surface area (Å²) < 4.78 is 10.4. The van der Waals surface area contributed by atoms with Gasteiger partial charge in [0.2, 0.25) is 0 Å². The van der Waals surface area contributed by atoms with E-state index in [0.29, 0.717) is 13.2 Å². The number of aliphatic hydroxyl groups excluding tert-OH is 1. The molecule has 0 saturated carbocycles. The Bertz CT molecular complexity index is 282. The van der Waals surface area contributed by atoms with Crippen molar-refractivity contribution in [1.82, 2.24) is 0 Å². The number of aliphatic hydroxyl groups is 1. The first-order valence-corrected chi connectivity index (χ1v) is 5.67. The molecule has 0 aliphatic carbocycles. The summed E-state index contributed by atoms with van der Waals surface area (Å²) in [5.41, 5.74) is 0.937. The van der Waals surface area contributed by atoms with Crippen molar-refractivity contribution < 1.29 is 14.6 Å². The van der Waals surface area contributed by atoms with Gasteiger partial charge in [0.1, 0.15) is 5.75 Å². The number of hydrogen-bond acceptors (Lipinski definition) is 3. The van der Waals surface area contributed by atoms with Crippen LogP contribution >= 0.6 is 0 Å². The molecule has 0 bridgehead atoms. The van der Waals surface area contributed by atoms with Gasteiger partial charge in [-0.1, -0.05) is 19.1 Å². The minimum atomic E-state index is -0.373. The van der Waals surface area contributed by atoms with E-state index in [2.05, 4.69) is 0 Å². The molecular formula is C13H20O3. The molecule has 0 spiro atoms. The minimum Gasteiger partial charge on any atom is -0.494 e. The number of hydrogen-bond donors (Lipinski definition) is 1. The molecule has 3 nitrogen and oxygen atoms in total. The van der Waals surface area contributed by atoms with E-state index in [-0.39, 0.29) is 6.10 Å². The van der Waals surface area contributed by atoms with E-state index >= 15 is 0 Å². The zero-order chi connectivity index (χ0) is 11.8. The summed E-state index contributed by atoms with van der Waals surface area (Å²) in [5.74, 6) is 0.836. The Labute approximate surface area is 97.0 Å². The Hall–Kier alpha value is -1.06. The number of rotatable bonds is 7. The fraction of sp³-hybridized carbons (Fsp3) is 0.538. The van der Waals surface area contributed by atoms with E-state index in [1.54, 1.807) is 7.11 Å². The normalized spacial score (nSPS) is 12.4. The van der Waals surface area contributed by atoms with Crippen LogP contribution in [0.5, 0.6) is 5.75 Å². The van der Waals surface area contributed by atoms with Crippen molar-refractivity contribution in [3.05, 3.63) is 29.8 Å². The highest BCUT2D eigenvalue weighted by Crippen LogP contribution is 2.19. The number of benzene rings is 1. The van der Waals surface area contributed by atoms with E-state index in [1.165, 1.54) is 0 Å². The van der Waals surface area contributed by atoms with Crippen molar-refractivity contribution >= 4 is 0 Å². The van der Waals surface area contributed by atoms with Crippen LogP contribution in [0.4, 0.5) is 0 Å². The summed E-state index contributed by atoms with van der Waals surface area (Å²) in [6.45, 7) is 3.33. The predicted molar refractivity (Wildman–Crippen MR) is 63.7 cm³/mol. The molecule has 0 radical (unpaired) electrons. The van der Waals surface area contributed by atoms with Crippen molar-refractivity contribution in [2.45, 2.75) is 25.9 Å². The van der Waals surface area contributed by atoms with Crippen LogP contribution in [0.15, 0.2) is 24.3 Å². The molecule has 3 heteroatoms. The van der Waals surface area contributed by atoms with Crippen LogP contribution in [-0.4, -0.2) is 25.4 Å². The molecular weight excluding hydrogens is 204 g/mol. The maximum atomic E-state index is 9.61. The molecule has 16 heavy (non-hydrogen) atoms. The highest BCUT2D eigenvalue weighted by Gasteiger charge is 2.03. The Morgan fingerprint density at radius 3 is 2.44 bits per heavy atom. The molecule has 0 saturated heterocycles. The second kappa shape index (κ2) is 7.25. The van der Waals surface area contributed by atoms with Crippen LogP contribution in [0.25, 0.3) is 0 Å². The molecule has 0 aliphatic heterocycles. The Kier molecular flexibility index (Phi) is 5.90. The molecule has 0 aromatic heterocycles. The summed E-state index contributed by atoms with van der Waals surface area (Å²) >= 11 is 0. The zero-order valence-electron chi connectivity index (χ0n) is 9.98. The molecule has 0 aliphatic rings. The van der Waals surface area contributed by atoms with Gasteiger partial charge in [0, 0.05) is 20.1 Å². The minimum absolute atomic E-state index is 0.373. The van der Waals surface area contributed by atoms with Crippen molar-refractivity contribution in [2.75, 3.05) is 20.3 Å². The fourth-order valence-electron chi connectivity index (χ4n) is 1.42. The second-order valence-corrected chi connectivity index (χ2v) is 3.69. The molecule has 1 atom stereocenters. The van der Waals surface area contributed by atoms with Gasteiger partial charge in [-0.3, -0.25) is 0 Å². The first-order chi connectivity index (χ1) is 7.77. The van der Waals surface area contributed by atoms with Crippen LogP contribution in [0, 0.1) is 0 Å². The van der Waals surface area contributed by atoms with Crippen LogP contribution in [-0.2, 0) is 4.74 Å². The maximum Gasteiger partial charge on any atom is 0.119 e. The lowest BCUT2D eigenvalue weighted by atomic mass is 10.1. The SMILES string of the molecule is CCC(O)c1ccc(OCCCOC)cc1. The summed E-state index contributed by atoms with van der Waals surface area (Å²) in [5, 5.41) is 9.61. The largest absolute Gasteiger partial charge is 0.494 e. The lowest BCUT2D eigenvalue weighted by molar-refractivity contribution is 0.171. The Morgan fingerprint density at radius 1 is 1.19 bits per heavy atom. The standard InChI is InChI=1S/C13H20O3/c1-3-13(14)11-5-7-12(8-6-11)16-10-4-9-15-2/h5-8,13-14H,3-4,9-10H2,1-2H3. The molecule has 1 aromatic rings. The van der Waals surface area contributed by atoms with E-state index in [1.807, 2.05) is 31.2 Å². The molecule has 1 N–H and O–H groups in total. The number of ether oxygens (including phenoxy) is 2. The lowest BCUT2D eigenvalue weighted by Crippen LogP contribution is -2.01. The van der Waals surface area contributed by atoms with Gasteiger partial charge in [-0.05, 0) is 24.1 Å². The first kappa shape index (κ1) is 13.0. The molecule has 1 rings (SSSR count). The van der Waals surface area contributed by atoms with Crippen LogP contribution in [0.2, 0.25) is 0 Å². The predicted octanol–water partition coefficient (Wildman–Crippen LogP) is 2.55. The maximum absolute atomic E-state index is 9.61. The van der Waals surface area contributed by atoms with Gasteiger partial charge >= 0.3 is 0 Å². The van der Waals surface area contributed by atoms with Gasteiger partial charge in [0.15, 0.2) is 0 Å². The third-order valence-electron chi connectivity index (χ3n) is 2.41. The van der Waals surface area contributed by atoms with E-state index < -0.39 is 0 Å². The number of methoxy groups -OCH3 is 1. The average Bonchev–Trinajstić information content (AvgIpc) is 2.34. The van der Waals surface area contributed by atoms with Crippen LogP contribution in [0.1, 0.15) is 31.4 Å². The summed E-state index contributed by atoms with van der Waals surface area (Å²) in [7, 11) is 1.68. The Balaban J connectivity index is 2.39. The highest BCUT2D eigenvalue weighted by atomic mass is 16.5. The first-order valence-electron chi connectivity index (χ1n) is 5.67. The van der Waals surface area contributed by atoms with Crippen molar-refractivity contribution in [1.29, 1.82) is 0 Å². The van der Waals surface area contributed by atoms with Gasteiger partial charge in [-0.15, -0.1) is 0 Å². The van der Waals surface area contributed by atoms with Gasteiger partial charge < -0.3 is 14.6 Å². The third kappa shape index (κ3) is 4.21. The van der Waals surface area contributed by atoms with Crippen LogP contribution < -0.4 is 4.74 Å². The molecule has 1 unspecified atom stereocenters. The lowest BCUT2D eigenvalue weighted by Gasteiger charge is -2.10. The monoisotopic (exact) mass is 224 g/mol. The van der Waals surface area contributed by atoms with Gasteiger partial charge in [-0.2, -0.15) is 0 Å². The molecule has 0 heterocycles. The third-order valence-corrected chi connectivity index (χ3v) is 2.41. The topological polar surface area (TPSA) is 38.7 Å². The highest BCUT2D eigenvalue weighted by molar-refractivity contribution is 5.28.